The predicted molar refractivity (Wildman–Crippen MR) is 117 cm³/mol. The van der Waals surface area contributed by atoms with E-state index < -0.39 is 5.97 Å². The Kier molecular flexibility index (Phi) is 4.82. The fourth-order valence-corrected chi connectivity index (χ4v) is 4.33. The van der Waals surface area contributed by atoms with Crippen LogP contribution < -0.4 is 5.73 Å². The first-order valence-corrected chi connectivity index (χ1v) is 10.7. The summed E-state index contributed by atoms with van der Waals surface area (Å²) in [5.41, 5.74) is 13.1. The number of rotatable bonds is 6. The van der Waals surface area contributed by atoms with Gasteiger partial charge in [-0.3, -0.25) is 14.8 Å². The number of aryl methyl sites for hydroxylation is 1. The first kappa shape index (κ1) is 20.4. The van der Waals surface area contributed by atoms with Crippen LogP contribution in [-0.4, -0.2) is 37.5 Å². The molecule has 164 valence electrons. The number of H-pyrrole nitrogens is 1. The number of carbonyl (C=O) groups excluding carboxylic acids is 1. The van der Waals surface area contributed by atoms with E-state index in [9.17, 15) is 14.7 Å². The van der Waals surface area contributed by atoms with Crippen LogP contribution in [0.2, 0.25) is 0 Å². The third-order valence-electron chi connectivity index (χ3n) is 6.26. The molecule has 8 nitrogen and oxygen atoms in total. The summed E-state index contributed by atoms with van der Waals surface area (Å²) in [6, 6.07) is 5.67. The average Bonchev–Trinajstić information content (AvgIpc) is 3.37. The molecule has 0 spiro atoms. The Balaban J connectivity index is 1.50. The van der Waals surface area contributed by atoms with Gasteiger partial charge in [0.25, 0.3) is 0 Å². The second-order valence-electron chi connectivity index (χ2n) is 8.72. The van der Waals surface area contributed by atoms with Crippen molar-refractivity contribution in [1.82, 2.24) is 15.0 Å². The largest absolute Gasteiger partial charge is 0.478 e. The van der Waals surface area contributed by atoms with E-state index in [1.54, 1.807) is 12.3 Å². The molecule has 5 rings (SSSR count). The summed E-state index contributed by atoms with van der Waals surface area (Å²) in [5, 5.41) is 9.90. The van der Waals surface area contributed by atoms with Gasteiger partial charge in [0, 0.05) is 48.1 Å². The lowest BCUT2D eigenvalue weighted by Gasteiger charge is -2.17. The SMILES string of the molecule is CC(=O)OCc1ccc(-c2cc3c(cn2)CCc2c-3[nH]c(CC3(N)CC3)c2C(=O)O)cn1. The van der Waals surface area contributed by atoms with E-state index >= 15 is 0 Å². The van der Waals surface area contributed by atoms with Crippen LogP contribution in [-0.2, 0) is 35.4 Å². The molecule has 0 aromatic carbocycles. The summed E-state index contributed by atoms with van der Waals surface area (Å²) in [6.45, 7) is 1.49. The molecule has 0 radical (unpaired) electrons. The fraction of sp³-hybridized carbons (Fsp3) is 0.333. The Bertz CT molecular complexity index is 1230. The van der Waals surface area contributed by atoms with Gasteiger partial charge in [-0.05, 0) is 55.0 Å². The van der Waals surface area contributed by atoms with E-state index in [4.69, 9.17) is 10.5 Å². The summed E-state index contributed by atoms with van der Waals surface area (Å²) in [7, 11) is 0. The van der Waals surface area contributed by atoms with Crippen LogP contribution in [0.3, 0.4) is 0 Å². The zero-order valence-electron chi connectivity index (χ0n) is 17.8. The van der Waals surface area contributed by atoms with Crippen molar-refractivity contribution in [3.8, 4) is 22.5 Å². The third-order valence-corrected chi connectivity index (χ3v) is 6.26. The van der Waals surface area contributed by atoms with Crippen molar-refractivity contribution in [2.24, 2.45) is 5.73 Å². The summed E-state index contributed by atoms with van der Waals surface area (Å²) >= 11 is 0. The van der Waals surface area contributed by atoms with Crippen molar-refractivity contribution >= 4 is 11.9 Å². The molecule has 3 aromatic rings. The summed E-state index contributed by atoms with van der Waals surface area (Å²) in [5.74, 6) is -1.26. The van der Waals surface area contributed by atoms with Gasteiger partial charge in [-0.1, -0.05) is 0 Å². The van der Waals surface area contributed by atoms with Gasteiger partial charge in [0.05, 0.1) is 22.6 Å². The lowest BCUT2D eigenvalue weighted by atomic mass is 9.88. The maximum absolute atomic E-state index is 12.1. The number of hydrogen-bond acceptors (Lipinski definition) is 6. The molecule has 32 heavy (non-hydrogen) atoms. The van der Waals surface area contributed by atoms with Gasteiger partial charge in [0.2, 0.25) is 0 Å². The molecule has 8 heteroatoms. The van der Waals surface area contributed by atoms with Crippen LogP contribution in [0.15, 0.2) is 30.6 Å². The van der Waals surface area contributed by atoms with E-state index in [0.717, 1.165) is 52.9 Å². The number of ether oxygens (including phenoxy) is 1. The second kappa shape index (κ2) is 7.56. The number of aromatic amines is 1. The molecule has 0 bridgehead atoms. The molecule has 2 aliphatic carbocycles. The lowest BCUT2D eigenvalue weighted by molar-refractivity contribution is -0.142. The highest BCUT2D eigenvalue weighted by Gasteiger charge is 2.40. The van der Waals surface area contributed by atoms with Crippen molar-refractivity contribution in [3.05, 3.63) is 58.7 Å². The number of carboxylic acid groups (broad SMARTS) is 1. The third kappa shape index (κ3) is 3.78. The van der Waals surface area contributed by atoms with E-state index in [1.165, 1.54) is 6.92 Å². The quantitative estimate of drug-likeness (QED) is 0.510. The Labute approximate surface area is 184 Å². The normalized spacial score (nSPS) is 15.6. The van der Waals surface area contributed by atoms with Crippen molar-refractivity contribution in [3.63, 3.8) is 0 Å². The smallest absolute Gasteiger partial charge is 0.337 e. The standard InChI is InChI=1S/C24H24N4O4/c1-13(29)32-12-16-4-2-15(11-26-16)19-8-18-14(10-27-19)3-5-17-21(23(30)31)20(28-22(17)18)9-24(25)6-7-24/h2,4,8,10-11,28H,3,5-7,9,12,25H2,1H3,(H,30,31). The summed E-state index contributed by atoms with van der Waals surface area (Å²) < 4.78 is 4.98. The van der Waals surface area contributed by atoms with Crippen molar-refractivity contribution in [1.29, 1.82) is 0 Å². The molecule has 3 aromatic heterocycles. The van der Waals surface area contributed by atoms with Gasteiger partial charge in [-0.25, -0.2) is 4.79 Å². The first-order chi connectivity index (χ1) is 15.3. The van der Waals surface area contributed by atoms with Crippen LogP contribution in [0, 0.1) is 0 Å². The number of carbonyl (C=O) groups is 2. The number of pyridine rings is 2. The molecule has 0 atom stereocenters. The van der Waals surface area contributed by atoms with Gasteiger partial charge in [-0.15, -0.1) is 0 Å². The van der Waals surface area contributed by atoms with Gasteiger partial charge < -0.3 is 20.6 Å². The van der Waals surface area contributed by atoms with Crippen LogP contribution >= 0.6 is 0 Å². The minimum absolute atomic E-state index is 0.127. The predicted octanol–water partition coefficient (Wildman–Crippen LogP) is 3.03. The molecule has 0 aliphatic heterocycles. The Morgan fingerprint density at radius 1 is 1.22 bits per heavy atom. The molecular formula is C24H24N4O4. The van der Waals surface area contributed by atoms with Crippen LogP contribution in [0.25, 0.3) is 22.5 Å². The van der Waals surface area contributed by atoms with Crippen molar-refractivity contribution in [2.45, 2.75) is 51.2 Å². The number of nitrogens with two attached hydrogens (primary N) is 1. The topological polar surface area (TPSA) is 131 Å². The van der Waals surface area contributed by atoms with E-state index in [-0.39, 0.29) is 18.1 Å². The molecule has 1 saturated carbocycles. The van der Waals surface area contributed by atoms with Gasteiger partial charge in [-0.2, -0.15) is 0 Å². The average molecular weight is 432 g/mol. The molecule has 0 saturated heterocycles. The Morgan fingerprint density at radius 2 is 2.03 bits per heavy atom. The molecule has 1 fully saturated rings. The summed E-state index contributed by atoms with van der Waals surface area (Å²) in [6.07, 6.45) is 7.33. The lowest BCUT2D eigenvalue weighted by Crippen LogP contribution is -2.25. The highest BCUT2D eigenvalue weighted by Crippen LogP contribution is 2.41. The van der Waals surface area contributed by atoms with Gasteiger partial charge in [0.1, 0.15) is 6.61 Å². The number of fused-ring (bicyclic) bond motifs is 3. The number of nitrogens with zero attached hydrogens (tertiary/aromatic N) is 2. The number of carboxylic acids is 1. The molecule has 2 aliphatic rings. The number of nitrogens with one attached hydrogen (secondary N) is 1. The van der Waals surface area contributed by atoms with E-state index in [0.29, 0.717) is 29.8 Å². The molecule has 0 unspecified atom stereocenters. The zero-order valence-corrected chi connectivity index (χ0v) is 17.8. The maximum Gasteiger partial charge on any atom is 0.337 e. The number of hydrogen-bond donors (Lipinski definition) is 3. The number of aromatic nitrogens is 3. The summed E-state index contributed by atoms with van der Waals surface area (Å²) in [4.78, 5) is 35.4. The first-order valence-electron chi connectivity index (χ1n) is 10.7. The minimum atomic E-state index is -0.910. The molecule has 3 heterocycles. The van der Waals surface area contributed by atoms with Crippen LogP contribution in [0.1, 0.15) is 52.6 Å². The monoisotopic (exact) mass is 432 g/mol. The molecule has 4 N–H and O–H groups in total. The number of aromatic carboxylic acids is 1. The molecular weight excluding hydrogens is 408 g/mol. The maximum atomic E-state index is 12.1. The van der Waals surface area contributed by atoms with E-state index in [2.05, 4.69) is 15.0 Å². The molecule has 0 amide bonds. The van der Waals surface area contributed by atoms with Crippen molar-refractivity contribution < 1.29 is 19.4 Å². The van der Waals surface area contributed by atoms with Gasteiger partial charge in [0.15, 0.2) is 0 Å². The highest BCUT2D eigenvalue weighted by atomic mass is 16.5. The Morgan fingerprint density at radius 3 is 2.69 bits per heavy atom. The highest BCUT2D eigenvalue weighted by molar-refractivity contribution is 5.95. The van der Waals surface area contributed by atoms with Crippen molar-refractivity contribution in [2.75, 3.05) is 0 Å². The van der Waals surface area contributed by atoms with Crippen LogP contribution in [0.5, 0.6) is 0 Å². The zero-order chi connectivity index (χ0) is 22.5. The van der Waals surface area contributed by atoms with Gasteiger partial charge >= 0.3 is 11.9 Å². The number of esters is 1. The fourth-order valence-electron chi connectivity index (χ4n) is 4.33. The van der Waals surface area contributed by atoms with E-state index in [1.807, 2.05) is 18.3 Å². The minimum Gasteiger partial charge on any atom is -0.478 e. The second-order valence-corrected chi connectivity index (χ2v) is 8.72. The Hall–Kier alpha value is -3.52. The van der Waals surface area contributed by atoms with Crippen LogP contribution in [0.4, 0.5) is 0 Å².